The number of nitrogens with zero attached hydrogens (tertiary/aromatic N) is 2. The summed E-state index contributed by atoms with van der Waals surface area (Å²) < 4.78 is 1.41. The van der Waals surface area contributed by atoms with Gasteiger partial charge in [0.15, 0.2) is 0 Å². The highest BCUT2D eigenvalue weighted by atomic mass is 35.5. The van der Waals surface area contributed by atoms with Crippen LogP contribution in [-0.4, -0.2) is 9.49 Å². The third kappa shape index (κ3) is 3.08. The standard InChI is InChI=1S/C18H16ClN3O3/c1-2-21-15-10-6-4-8-13(15)16(17(18(21)23)22(24)25)20-11-12-7-3-5-9-14(12)19/h3-10,20H,2,11H2,1H3. The highest BCUT2D eigenvalue weighted by molar-refractivity contribution is 6.31. The van der Waals surface area contributed by atoms with Crippen molar-refractivity contribution in [2.45, 2.75) is 20.0 Å². The zero-order valence-corrected chi connectivity index (χ0v) is 14.3. The SMILES string of the molecule is CCn1c(=O)c([N+](=O)[O-])c(NCc2ccccc2Cl)c2ccccc21. The van der Waals surface area contributed by atoms with E-state index in [0.717, 1.165) is 5.56 Å². The maximum atomic E-state index is 12.6. The number of benzene rings is 2. The first kappa shape index (κ1) is 17.0. The minimum atomic E-state index is -0.629. The van der Waals surface area contributed by atoms with Crippen molar-refractivity contribution in [2.24, 2.45) is 0 Å². The van der Waals surface area contributed by atoms with Crippen LogP contribution in [0.1, 0.15) is 12.5 Å². The maximum absolute atomic E-state index is 12.6. The summed E-state index contributed by atoms with van der Waals surface area (Å²) in [4.78, 5) is 23.5. The van der Waals surface area contributed by atoms with Gasteiger partial charge in [-0.2, -0.15) is 0 Å². The Morgan fingerprint density at radius 2 is 1.84 bits per heavy atom. The fourth-order valence-electron chi connectivity index (χ4n) is 2.88. The Kier molecular flexibility index (Phi) is 4.72. The molecule has 0 unspecified atom stereocenters. The number of nitro groups is 1. The lowest BCUT2D eigenvalue weighted by Crippen LogP contribution is -2.24. The summed E-state index contributed by atoms with van der Waals surface area (Å²) in [7, 11) is 0. The number of rotatable bonds is 5. The van der Waals surface area contributed by atoms with Crippen LogP contribution in [0.3, 0.4) is 0 Å². The molecule has 25 heavy (non-hydrogen) atoms. The van der Waals surface area contributed by atoms with Crippen LogP contribution in [0.2, 0.25) is 5.02 Å². The van der Waals surface area contributed by atoms with Gasteiger partial charge in [-0.15, -0.1) is 0 Å². The molecule has 3 aromatic rings. The van der Waals surface area contributed by atoms with Crippen molar-refractivity contribution in [3.8, 4) is 0 Å². The molecule has 0 aliphatic carbocycles. The number of hydrogen-bond acceptors (Lipinski definition) is 4. The molecule has 128 valence electrons. The van der Waals surface area contributed by atoms with Crippen LogP contribution in [0.4, 0.5) is 11.4 Å². The summed E-state index contributed by atoms with van der Waals surface area (Å²) in [6.07, 6.45) is 0. The van der Waals surface area contributed by atoms with E-state index >= 15 is 0 Å². The number of fused-ring (bicyclic) bond motifs is 1. The number of pyridine rings is 1. The van der Waals surface area contributed by atoms with Crippen molar-refractivity contribution in [3.63, 3.8) is 0 Å². The van der Waals surface area contributed by atoms with Crippen LogP contribution in [-0.2, 0) is 13.1 Å². The minimum absolute atomic E-state index is 0.218. The smallest absolute Gasteiger partial charge is 0.357 e. The van der Waals surface area contributed by atoms with E-state index in [1.54, 1.807) is 37.3 Å². The third-order valence-electron chi connectivity index (χ3n) is 4.06. The summed E-state index contributed by atoms with van der Waals surface area (Å²) >= 11 is 6.15. The van der Waals surface area contributed by atoms with E-state index in [1.165, 1.54) is 4.57 Å². The van der Waals surface area contributed by atoms with Gasteiger partial charge >= 0.3 is 11.2 Å². The van der Waals surface area contributed by atoms with Gasteiger partial charge in [0, 0.05) is 23.5 Å². The summed E-state index contributed by atoms with van der Waals surface area (Å²) in [5, 5.41) is 15.8. The minimum Gasteiger partial charge on any atom is -0.375 e. The zero-order valence-electron chi connectivity index (χ0n) is 13.5. The highest BCUT2D eigenvalue weighted by Gasteiger charge is 2.25. The molecule has 0 spiro atoms. The van der Waals surface area contributed by atoms with Gasteiger partial charge in [0.2, 0.25) is 0 Å². The number of hydrogen-bond donors (Lipinski definition) is 1. The molecule has 0 saturated heterocycles. The van der Waals surface area contributed by atoms with Crippen molar-refractivity contribution in [1.82, 2.24) is 4.57 Å². The quantitative estimate of drug-likeness (QED) is 0.548. The molecular formula is C18H16ClN3O3. The molecule has 6 nitrogen and oxygen atoms in total. The Labute approximate surface area is 148 Å². The van der Waals surface area contributed by atoms with Crippen molar-refractivity contribution in [3.05, 3.63) is 79.6 Å². The molecular weight excluding hydrogens is 342 g/mol. The van der Waals surface area contributed by atoms with Crippen molar-refractivity contribution in [2.75, 3.05) is 5.32 Å². The summed E-state index contributed by atoms with van der Waals surface area (Å²) in [5.41, 5.74) is 0.597. The van der Waals surface area contributed by atoms with E-state index in [9.17, 15) is 14.9 Å². The molecule has 2 aromatic carbocycles. The van der Waals surface area contributed by atoms with Gasteiger partial charge in [-0.1, -0.05) is 48.0 Å². The lowest BCUT2D eigenvalue weighted by atomic mass is 10.1. The fourth-order valence-corrected chi connectivity index (χ4v) is 3.08. The number of halogens is 1. The van der Waals surface area contributed by atoms with Gasteiger partial charge in [0.25, 0.3) is 0 Å². The molecule has 0 saturated carbocycles. The Bertz CT molecular complexity index is 1010. The maximum Gasteiger partial charge on any atom is 0.357 e. The van der Waals surface area contributed by atoms with E-state index in [-0.39, 0.29) is 12.2 Å². The topological polar surface area (TPSA) is 77.2 Å². The van der Waals surface area contributed by atoms with E-state index in [2.05, 4.69) is 5.32 Å². The van der Waals surface area contributed by atoms with E-state index in [4.69, 9.17) is 11.6 Å². The van der Waals surface area contributed by atoms with Gasteiger partial charge < -0.3 is 9.88 Å². The molecule has 0 bridgehead atoms. The molecule has 0 aliphatic heterocycles. The van der Waals surface area contributed by atoms with Gasteiger partial charge in [-0.3, -0.25) is 14.9 Å². The Morgan fingerprint density at radius 1 is 1.16 bits per heavy atom. The van der Waals surface area contributed by atoms with Gasteiger partial charge in [0.05, 0.1) is 10.4 Å². The molecule has 3 rings (SSSR count). The van der Waals surface area contributed by atoms with Gasteiger partial charge in [0.1, 0.15) is 5.69 Å². The lowest BCUT2D eigenvalue weighted by molar-refractivity contribution is -0.385. The third-order valence-corrected chi connectivity index (χ3v) is 4.43. The number of nitrogens with one attached hydrogen (secondary N) is 1. The molecule has 0 fully saturated rings. The summed E-state index contributed by atoms with van der Waals surface area (Å²) in [5.74, 6) is 0. The van der Waals surface area contributed by atoms with E-state index < -0.39 is 16.2 Å². The largest absolute Gasteiger partial charge is 0.375 e. The summed E-state index contributed by atoms with van der Waals surface area (Å²) in [6, 6.07) is 14.4. The van der Waals surface area contributed by atoms with Crippen LogP contribution in [0.25, 0.3) is 10.9 Å². The molecule has 1 heterocycles. The molecule has 7 heteroatoms. The number of anilines is 1. The molecule has 0 atom stereocenters. The molecule has 0 radical (unpaired) electrons. The van der Waals surface area contributed by atoms with Crippen LogP contribution in [0, 0.1) is 10.1 Å². The Hall–Kier alpha value is -2.86. The Morgan fingerprint density at radius 3 is 2.52 bits per heavy atom. The molecule has 1 N–H and O–H groups in total. The van der Waals surface area contributed by atoms with Crippen molar-refractivity contribution < 1.29 is 4.92 Å². The second-order valence-electron chi connectivity index (χ2n) is 5.49. The predicted molar refractivity (Wildman–Crippen MR) is 99.3 cm³/mol. The van der Waals surface area contributed by atoms with Crippen LogP contribution in [0.15, 0.2) is 53.3 Å². The molecule has 0 aliphatic rings. The predicted octanol–water partition coefficient (Wildman–Crippen LogP) is 4.20. The second-order valence-corrected chi connectivity index (χ2v) is 5.90. The van der Waals surface area contributed by atoms with E-state index in [0.29, 0.717) is 22.5 Å². The normalized spacial score (nSPS) is 10.8. The first-order valence-corrected chi connectivity index (χ1v) is 8.19. The number of aromatic nitrogens is 1. The van der Waals surface area contributed by atoms with Gasteiger partial charge in [-0.25, -0.2) is 0 Å². The highest BCUT2D eigenvalue weighted by Crippen LogP contribution is 2.31. The van der Waals surface area contributed by atoms with Crippen LogP contribution in [0.5, 0.6) is 0 Å². The van der Waals surface area contributed by atoms with Crippen molar-refractivity contribution in [1.29, 1.82) is 0 Å². The lowest BCUT2D eigenvalue weighted by Gasteiger charge is -2.14. The number of aryl methyl sites for hydroxylation is 1. The number of para-hydroxylation sites is 1. The first-order chi connectivity index (χ1) is 12.0. The Balaban J connectivity index is 2.19. The zero-order chi connectivity index (χ0) is 18.0. The first-order valence-electron chi connectivity index (χ1n) is 7.81. The van der Waals surface area contributed by atoms with E-state index in [1.807, 2.05) is 18.2 Å². The molecule has 0 amide bonds. The fraction of sp³-hybridized carbons (Fsp3) is 0.167. The summed E-state index contributed by atoms with van der Waals surface area (Å²) in [6.45, 7) is 2.42. The van der Waals surface area contributed by atoms with Crippen molar-refractivity contribution >= 4 is 33.9 Å². The average Bonchev–Trinajstić information content (AvgIpc) is 2.60. The molecule has 1 aromatic heterocycles. The van der Waals surface area contributed by atoms with Crippen LogP contribution >= 0.6 is 11.6 Å². The average molecular weight is 358 g/mol. The van der Waals surface area contributed by atoms with Crippen LogP contribution < -0.4 is 10.9 Å². The van der Waals surface area contributed by atoms with Gasteiger partial charge in [-0.05, 0) is 24.6 Å². The second kappa shape index (κ2) is 6.94. The monoisotopic (exact) mass is 357 g/mol.